The van der Waals surface area contributed by atoms with E-state index in [2.05, 4.69) is 26.8 Å². The predicted molar refractivity (Wildman–Crippen MR) is 50.6 cm³/mol. The molecule has 0 heterocycles. The second-order valence-electron chi connectivity index (χ2n) is 4.13. The molecule has 0 amide bonds. The lowest BCUT2D eigenvalue weighted by Crippen LogP contribution is -2.06. The summed E-state index contributed by atoms with van der Waals surface area (Å²) in [5.74, 6) is 1.61. The minimum atomic E-state index is 0.741. The first kappa shape index (κ1) is 8.83. The van der Waals surface area contributed by atoms with Crippen LogP contribution in [0.25, 0.3) is 0 Å². The quantitative estimate of drug-likeness (QED) is 0.502. The van der Waals surface area contributed by atoms with E-state index in [1.165, 1.54) is 25.7 Å². The molecular weight excluding hydrogens is 132 g/mol. The Hall–Kier alpha value is -0.260. The zero-order chi connectivity index (χ0) is 8.27. The largest absolute Gasteiger partial charge is 0.0825 e. The Bertz CT molecular complexity index is 142. The summed E-state index contributed by atoms with van der Waals surface area (Å²) in [5, 5.41) is 0. The predicted octanol–water partition coefficient (Wildman–Crippen LogP) is 3.78. The lowest BCUT2D eigenvalue weighted by molar-refractivity contribution is 0.478. The van der Waals surface area contributed by atoms with Crippen molar-refractivity contribution >= 4 is 0 Å². The summed E-state index contributed by atoms with van der Waals surface area (Å²) in [7, 11) is 0. The Morgan fingerprint density at radius 1 is 1.36 bits per heavy atom. The van der Waals surface area contributed by atoms with E-state index in [1.54, 1.807) is 5.57 Å². The minimum Gasteiger partial charge on any atom is -0.0825 e. The summed E-state index contributed by atoms with van der Waals surface area (Å²) < 4.78 is 0. The molecule has 0 aromatic carbocycles. The molecular formula is C11H20. The molecule has 1 atom stereocenters. The van der Waals surface area contributed by atoms with E-state index in [-0.39, 0.29) is 0 Å². The fourth-order valence-electron chi connectivity index (χ4n) is 1.89. The monoisotopic (exact) mass is 152 g/mol. The molecule has 11 heavy (non-hydrogen) atoms. The van der Waals surface area contributed by atoms with E-state index >= 15 is 0 Å². The van der Waals surface area contributed by atoms with E-state index in [0.717, 1.165) is 11.8 Å². The molecule has 0 bridgehead atoms. The highest BCUT2D eigenvalue weighted by molar-refractivity contribution is 5.08. The Morgan fingerprint density at radius 2 is 2.09 bits per heavy atom. The maximum Gasteiger partial charge on any atom is -0.0232 e. The van der Waals surface area contributed by atoms with Crippen molar-refractivity contribution in [1.29, 1.82) is 0 Å². The first-order chi connectivity index (χ1) is 5.20. The third-order valence-electron chi connectivity index (χ3n) is 2.53. The van der Waals surface area contributed by atoms with Crippen LogP contribution < -0.4 is 0 Å². The van der Waals surface area contributed by atoms with Crippen LogP contribution in [0.5, 0.6) is 0 Å². The van der Waals surface area contributed by atoms with Gasteiger partial charge in [0.05, 0.1) is 0 Å². The van der Waals surface area contributed by atoms with Crippen molar-refractivity contribution < 1.29 is 0 Å². The van der Waals surface area contributed by atoms with Gasteiger partial charge in [0.25, 0.3) is 0 Å². The lowest BCUT2D eigenvalue weighted by atomic mass is 9.84. The molecule has 1 aliphatic carbocycles. The summed E-state index contributed by atoms with van der Waals surface area (Å²) in [6, 6.07) is 0. The molecule has 64 valence electrons. The molecule has 0 radical (unpaired) electrons. The summed E-state index contributed by atoms with van der Waals surface area (Å²) in [6.45, 7) is 6.91. The molecule has 0 saturated heterocycles. The Balaban J connectivity index is 2.53. The van der Waals surface area contributed by atoms with Crippen molar-refractivity contribution in [2.75, 3.05) is 0 Å². The van der Waals surface area contributed by atoms with Crippen molar-refractivity contribution in [1.82, 2.24) is 0 Å². The summed E-state index contributed by atoms with van der Waals surface area (Å²) in [6.07, 6.45) is 8.10. The average Bonchev–Trinajstić information content (AvgIpc) is 1.93. The molecule has 1 saturated carbocycles. The molecule has 1 rings (SSSR count). The van der Waals surface area contributed by atoms with Crippen molar-refractivity contribution in [2.45, 2.75) is 46.5 Å². The standard InChI is InChI=1S/C11H20/c1-9(2)8-11-7-5-4-6-10(11)3/h8-10H,4-7H2,1-3H3. The normalized spacial score (nSPS) is 29.8. The highest BCUT2D eigenvalue weighted by Crippen LogP contribution is 2.29. The van der Waals surface area contributed by atoms with Crippen LogP contribution in [0.1, 0.15) is 46.5 Å². The third-order valence-corrected chi connectivity index (χ3v) is 2.53. The summed E-state index contributed by atoms with van der Waals surface area (Å²) >= 11 is 0. The highest BCUT2D eigenvalue weighted by Gasteiger charge is 2.13. The molecule has 1 fully saturated rings. The van der Waals surface area contributed by atoms with Gasteiger partial charge < -0.3 is 0 Å². The van der Waals surface area contributed by atoms with Gasteiger partial charge in [-0.25, -0.2) is 0 Å². The topological polar surface area (TPSA) is 0 Å². The average molecular weight is 152 g/mol. The van der Waals surface area contributed by atoms with E-state index < -0.39 is 0 Å². The Morgan fingerprint density at radius 3 is 2.64 bits per heavy atom. The number of hydrogen-bond acceptors (Lipinski definition) is 0. The molecule has 0 aromatic rings. The molecule has 1 aliphatic rings. The maximum absolute atomic E-state index is 2.46. The highest BCUT2D eigenvalue weighted by atomic mass is 14.2. The van der Waals surface area contributed by atoms with Gasteiger partial charge in [0.15, 0.2) is 0 Å². The van der Waals surface area contributed by atoms with Crippen LogP contribution in [0.3, 0.4) is 0 Å². The second-order valence-corrected chi connectivity index (χ2v) is 4.13. The van der Waals surface area contributed by atoms with Gasteiger partial charge in [-0.1, -0.05) is 38.8 Å². The lowest BCUT2D eigenvalue weighted by Gasteiger charge is -2.22. The van der Waals surface area contributed by atoms with Gasteiger partial charge in [-0.15, -0.1) is 0 Å². The van der Waals surface area contributed by atoms with Gasteiger partial charge >= 0.3 is 0 Å². The van der Waals surface area contributed by atoms with Crippen molar-refractivity contribution in [2.24, 2.45) is 11.8 Å². The zero-order valence-corrected chi connectivity index (χ0v) is 8.06. The van der Waals surface area contributed by atoms with Crippen LogP contribution in [0.15, 0.2) is 11.6 Å². The molecule has 0 nitrogen and oxygen atoms in total. The third kappa shape index (κ3) is 2.69. The van der Waals surface area contributed by atoms with Gasteiger partial charge in [-0.05, 0) is 31.1 Å². The van der Waals surface area contributed by atoms with E-state index in [4.69, 9.17) is 0 Å². The van der Waals surface area contributed by atoms with Crippen LogP contribution >= 0.6 is 0 Å². The van der Waals surface area contributed by atoms with Gasteiger partial charge in [-0.2, -0.15) is 0 Å². The fourth-order valence-corrected chi connectivity index (χ4v) is 1.89. The Kier molecular flexibility index (Phi) is 3.16. The van der Waals surface area contributed by atoms with Crippen molar-refractivity contribution in [3.05, 3.63) is 11.6 Å². The van der Waals surface area contributed by atoms with Crippen LogP contribution in [0, 0.1) is 11.8 Å². The van der Waals surface area contributed by atoms with Crippen LogP contribution in [-0.4, -0.2) is 0 Å². The van der Waals surface area contributed by atoms with Crippen molar-refractivity contribution in [3.8, 4) is 0 Å². The van der Waals surface area contributed by atoms with E-state index in [9.17, 15) is 0 Å². The molecule has 0 aromatic heterocycles. The maximum atomic E-state index is 2.46. The first-order valence-electron chi connectivity index (χ1n) is 4.90. The molecule has 0 aliphatic heterocycles. The van der Waals surface area contributed by atoms with Gasteiger partial charge in [-0.3, -0.25) is 0 Å². The van der Waals surface area contributed by atoms with Gasteiger partial charge in [0, 0.05) is 0 Å². The van der Waals surface area contributed by atoms with Crippen LogP contribution in [0.2, 0.25) is 0 Å². The van der Waals surface area contributed by atoms with E-state index in [1.807, 2.05) is 0 Å². The first-order valence-corrected chi connectivity index (χ1v) is 4.90. The fraction of sp³-hybridized carbons (Fsp3) is 0.818. The van der Waals surface area contributed by atoms with Crippen molar-refractivity contribution in [3.63, 3.8) is 0 Å². The number of allylic oxidation sites excluding steroid dienone is 2. The van der Waals surface area contributed by atoms with Crippen LogP contribution in [0.4, 0.5) is 0 Å². The molecule has 0 heteroatoms. The van der Waals surface area contributed by atoms with Crippen LogP contribution in [-0.2, 0) is 0 Å². The minimum absolute atomic E-state index is 0.741. The SMILES string of the molecule is CC(C)C=C1CCCCC1C. The summed E-state index contributed by atoms with van der Waals surface area (Å²) in [5.41, 5.74) is 1.71. The second kappa shape index (κ2) is 3.94. The number of hydrogen-bond donors (Lipinski definition) is 0. The van der Waals surface area contributed by atoms with Gasteiger partial charge in [0.2, 0.25) is 0 Å². The molecule has 0 N–H and O–H groups in total. The molecule has 0 spiro atoms. The smallest absolute Gasteiger partial charge is 0.0232 e. The van der Waals surface area contributed by atoms with E-state index in [0.29, 0.717) is 0 Å². The zero-order valence-electron chi connectivity index (χ0n) is 8.06. The Labute approximate surface area is 70.7 Å². The summed E-state index contributed by atoms with van der Waals surface area (Å²) in [4.78, 5) is 0. The molecule has 1 unspecified atom stereocenters. The number of rotatable bonds is 1. The van der Waals surface area contributed by atoms with Gasteiger partial charge in [0.1, 0.15) is 0 Å².